The lowest BCUT2D eigenvalue weighted by molar-refractivity contribution is 0.0759. The van der Waals surface area contributed by atoms with E-state index in [-0.39, 0.29) is 11.3 Å². The molecule has 27 heavy (non-hydrogen) atoms. The number of amides is 1. The van der Waals surface area contributed by atoms with Crippen molar-refractivity contribution in [2.45, 2.75) is 19.2 Å². The Morgan fingerprint density at radius 3 is 2.26 bits per heavy atom. The van der Waals surface area contributed by atoms with E-state index in [0.29, 0.717) is 29.4 Å². The van der Waals surface area contributed by atoms with Gasteiger partial charge in [0.1, 0.15) is 11.1 Å². The van der Waals surface area contributed by atoms with Crippen molar-refractivity contribution in [3.63, 3.8) is 0 Å². The van der Waals surface area contributed by atoms with Crippen LogP contribution in [0.5, 0.6) is 17.2 Å². The van der Waals surface area contributed by atoms with Crippen LogP contribution in [0.15, 0.2) is 30.3 Å². The molecule has 144 valence electrons. The highest BCUT2D eigenvalue weighted by Crippen LogP contribution is 2.46. The van der Waals surface area contributed by atoms with Crippen LogP contribution >= 0.6 is 11.8 Å². The lowest BCUT2D eigenvalue weighted by Gasteiger charge is -2.26. The van der Waals surface area contributed by atoms with Gasteiger partial charge in [0.15, 0.2) is 11.5 Å². The van der Waals surface area contributed by atoms with Crippen molar-refractivity contribution in [2.24, 2.45) is 0 Å². The number of benzene rings is 2. The van der Waals surface area contributed by atoms with Gasteiger partial charge < -0.3 is 19.1 Å². The molecule has 0 radical (unpaired) electrons. The number of carbonyl (C=O) groups excluding carboxylic acids is 1. The molecule has 0 aliphatic carbocycles. The fraction of sp³-hybridized carbons (Fsp3) is 0.381. The fourth-order valence-electron chi connectivity index (χ4n) is 3.22. The van der Waals surface area contributed by atoms with Gasteiger partial charge in [-0.3, -0.25) is 4.79 Å². The molecule has 6 heteroatoms. The lowest BCUT2D eigenvalue weighted by Crippen LogP contribution is -2.30. The van der Waals surface area contributed by atoms with E-state index < -0.39 is 0 Å². The molecule has 1 unspecified atom stereocenters. The summed E-state index contributed by atoms with van der Waals surface area (Å²) < 4.78 is 16.4. The highest BCUT2D eigenvalue weighted by atomic mass is 32.2. The highest BCUT2D eigenvalue weighted by molar-refractivity contribution is 7.99. The zero-order valence-corrected chi connectivity index (χ0v) is 17.2. The molecule has 3 rings (SSSR count). The van der Waals surface area contributed by atoms with Crippen molar-refractivity contribution < 1.29 is 19.0 Å². The second-order valence-corrected chi connectivity index (χ2v) is 7.66. The molecule has 1 amide bonds. The summed E-state index contributed by atoms with van der Waals surface area (Å²) in [6, 6.07) is 9.57. The van der Waals surface area contributed by atoms with Crippen LogP contribution in [0.4, 0.5) is 0 Å². The molecule has 1 heterocycles. The minimum atomic E-state index is -0.131. The van der Waals surface area contributed by atoms with Gasteiger partial charge in [-0.2, -0.15) is 0 Å². The van der Waals surface area contributed by atoms with Gasteiger partial charge in [0.25, 0.3) is 5.91 Å². The summed E-state index contributed by atoms with van der Waals surface area (Å²) in [5.74, 6) is 2.82. The predicted molar refractivity (Wildman–Crippen MR) is 108 cm³/mol. The maximum absolute atomic E-state index is 13.2. The van der Waals surface area contributed by atoms with Crippen molar-refractivity contribution in [1.29, 1.82) is 0 Å². The van der Waals surface area contributed by atoms with E-state index >= 15 is 0 Å². The van der Waals surface area contributed by atoms with Crippen LogP contribution in [0.3, 0.4) is 0 Å². The quantitative estimate of drug-likeness (QED) is 0.769. The molecule has 0 bridgehead atoms. The zero-order valence-electron chi connectivity index (χ0n) is 16.4. The van der Waals surface area contributed by atoms with E-state index in [0.717, 1.165) is 16.9 Å². The van der Waals surface area contributed by atoms with Crippen LogP contribution in [0.25, 0.3) is 0 Å². The van der Waals surface area contributed by atoms with Crippen molar-refractivity contribution in [3.8, 4) is 17.2 Å². The van der Waals surface area contributed by atoms with Crippen molar-refractivity contribution in [2.75, 3.05) is 33.6 Å². The van der Waals surface area contributed by atoms with Gasteiger partial charge in [-0.25, -0.2) is 0 Å². The van der Waals surface area contributed by atoms with E-state index in [9.17, 15) is 4.79 Å². The number of ether oxygens (including phenoxy) is 3. The third-order valence-corrected chi connectivity index (χ3v) is 6.15. The molecule has 2 aromatic carbocycles. The highest BCUT2D eigenvalue weighted by Gasteiger charge is 2.34. The first kappa shape index (κ1) is 19.4. The molecule has 0 saturated carbocycles. The summed E-state index contributed by atoms with van der Waals surface area (Å²) in [6.07, 6.45) is 0. The van der Waals surface area contributed by atoms with Crippen LogP contribution in [0.2, 0.25) is 0 Å². The molecular formula is C21H25NO4S. The molecule has 1 fully saturated rings. The average Bonchev–Trinajstić information content (AvgIpc) is 3.17. The van der Waals surface area contributed by atoms with Crippen LogP contribution in [-0.4, -0.2) is 44.4 Å². The van der Waals surface area contributed by atoms with Gasteiger partial charge in [-0.05, 0) is 43.2 Å². The summed E-state index contributed by atoms with van der Waals surface area (Å²) in [4.78, 5) is 15.1. The molecular weight excluding hydrogens is 362 g/mol. The van der Waals surface area contributed by atoms with Gasteiger partial charge >= 0.3 is 0 Å². The largest absolute Gasteiger partial charge is 0.496 e. The third kappa shape index (κ3) is 3.72. The Morgan fingerprint density at radius 2 is 1.63 bits per heavy atom. The summed E-state index contributed by atoms with van der Waals surface area (Å²) in [6.45, 7) is 4.77. The Balaban J connectivity index is 1.98. The van der Waals surface area contributed by atoms with Gasteiger partial charge in [-0.1, -0.05) is 6.07 Å². The topological polar surface area (TPSA) is 48.0 Å². The van der Waals surface area contributed by atoms with Gasteiger partial charge in [0.05, 0.1) is 21.3 Å². The molecule has 2 aromatic rings. The Bertz CT molecular complexity index is 852. The Hall–Kier alpha value is -2.34. The number of aryl methyl sites for hydroxylation is 2. The van der Waals surface area contributed by atoms with E-state index in [1.807, 2.05) is 49.1 Å². The molecule has 0 aromatic heterocycles. The Morgan fingerprint density at radius 1 is 0.963 bits per heavy atom. The van der Waals surface area contributed by atoms with E-state index in [1.165, 1.54) is 5.56 Å². The smallest absolute Gasteiger partial charge is 0.255 e. The predicted octanol–water partition coefficient (Wildman–Crippen LogP) is 4.22. The van der Waals surface area contributed by atoms with Gasteiger partial charge in [0.2, 0.25) is 0 Å². The molecule has 1 atom stereocenters. The Kier molecular flexibility index (Phi) is 5.85. The number of rotatable bonds is 5. The van der Waals surface area contributed by atoms with Crippen molar-refractivity contribution in [3.05, 3.63) is 52.6 Å². The minimum Gasteiger partial charge on any atom is -0.496 e. The SMILES string of the molecule is COc1cc(OC)c(C2SCCN2C(=O)c2ccc(C)c(C)c2)cc1OC. The number of nitrogens with zero attached hydrogens (tertiary/aromatic N) is 1. The summed E-state index contributed by atoms with van der Waals surface area (Å²) in [5, 5.41) is -0.131. The second kappa shape index (κ2) is 8.13. The lowest BCUT2D eigenvalue weighted by atomic mass is 10.0. The van der Waals surface area contributed by atoms with Gasteiger partial charge in [-0.15, -0.1) is 11.8 Å². The number of hydrogen-bond donors (Lipinski definition) is 0. The first-order chi connectivity index (χ1) is 13.0. The molecule has 5 nitrogen and oxygen atoms in total. The average molecular weight is 388 g/mol. The molecule has 1 saturated heterocycles. The summed E-state index contributed by atoms with van der Waals surface area (Å²) >= 11 is 1.72. The van der Waals surface area contributed by atoms with Crippen LogP contribution in [-0.2, 0) is 0 Å². The number of thioether (sulfide) groups is 1. The van der Waals surface area contributed by atoms with Gasteiger partial charge in [0, 0.05) is 29.5 Å². The third-order valence-electron chi connectivity index (χ3n) is 4.91. The summed E-state index contributed by atoms with van der Waals surface area (Å²) in [7, 11) is 4.82. The van der Waals surface area contributed by atoms with Crippen LogP contribution in [0, 0.1) is 13.8 Å². The standard InChI is InChI=1S/C21H25NO4S/c1-13-6-7-15(10-14(13)2)20(23)22-8-9-27-21(22)16-11-18(25-4)19(26-5)12-17(16)24-3/h6-7,10-12,21H,8-9H2,1-5H3. The van der Waals surface area contributed by atoms with E-state index in [4.69, 9.17) is 14.2 Å². The maximum Gasteiger partial charge on any atom is 0.255 e. The van der Waals surface area contributed by atoms with Crippen LogP contribution in [0.1, 0.15) is 32.4 Å². The maximum atomic E-state index is 13.2. The zero-order chi connectivity index (χ0) is 19.6. The first-order valence-corrected chi connectivity index (χ1v) is 9.84. The molecule has 0 spiro atoms. The second-order valence-electron chi connectivity index (χ2n) is 6.47. The number of carbonyl (C=O) groups is 1. The van der Waals surface area contributed by atoms with E-state index in [1.54, 1.807) is 33.1 Å². The van der Waals surface area contributed by atoms with Crippen molar-refractivity contribution in [1.82, 2.24) is 4.90 Å². The molecule has 0 N–H and O–H groups in total. The fourth-order valence-corrected chi connectivity index (χ4v) is 4.49. The number of methoxy groups -OCH3 is 3. The van der Waals surface area contributed by atoms with E-state index in [2.05, 4.69) is 0 Å². The normalized spacial score (nSPS) is 16.3. The number of hydrogen-bond acceptors (Lipinski definition) is 5. The summed E-state index contributed by atoms with van der Waals surface area (Å²) in [5.41, 5.74) is 3.92. The first-order valence-electron chi connectivity index (χ1n) is 8.80. The molecule has 1 aliphatic rings. The minimum absolute atomic E-state index is 0.0323. The molecule has 1 aliphatic heterocycles. The monoisotopic (exact) mass is 387 g/mol. The van der Waals surface area contributed by atoms with Crippen LogP contribution < -0.4 is 14.2 Å². The van der Waals surface area contributed by atoms with Crippen molar-refractivity contribution >= 4 is 17.7 Å². The Labute approximate surface area is 164 Å².